The SMILES string of the molecule is CC(C)(C#N)CNC1CCN(C(=O)OC(C)(C)C)C1. The molecule has 1 fully saturated rings. The Bertz CT molecular complexity index is 366. The monoisotopic (exact) mass is 267 g/mol. The van der Waals surface area contributed by atoms with Crippen LogP contribution in [0.5, 0.6) is 0 Å². The van der Waals surface area contributed by atoms with Crippen LogP contribution >= 0.6 is 0 Å². The molecule has 1 amide bonds. The molecule has 19 heavy (non-hydrogen) atoms. The van der Waals surface area contributed by atoms with Gasteiger partial charge in [0.2, 0.25) is 0 Å². The Morgan fingerprint density at radius 1 is 1.42 bits per heavy atom. The van der Waals surface area contributed by atoms with E-state index in [1.54, 1.807) is 4.90 Å². The van der Waals surface area contributed by atoms with Crippen molar-refractivity contribution in [3.8, 4) is 6.07 Å². The van der Waals surface area contributed by atoms with Gasteiger partial charge in [-0.05, 0) is 41.0 Å². The Morgan fingerprint density at radius 3 is 2.58 bits per heavy atom. The molecule has 5 heteroatoms. The van der Waals surface area contributed by atoms with Gasteiger partial charge >= 0.3 is 6.09 Å². The summed E-state index contributed by atoms with van der Waals surface area (Å²) < 4.78 is 5.34. The Balaban J connectivity index is 2.38. The van der Waals surface area contributed by atoms with Gasteiger partial charge in [-0.15, -0.1) is 0 Å². The van der Waals surface area contributed by atoms with Crippen LogP contribution in [0.1, 0.15) is 41.0 Å². The average molecular weight is 267 g/mol. The number of amides is 1. The number of hydrogen-bond acceptors (Lipinski definition) is 4. The van der Waals surface area contributed by atoms with E-state index >= 15 is 0 Å². The predicted octanol–water partition coefficient (Wildman–Crippen LogP) is 2.14. The molecule has 0 spiro atoms. The Hall–Kier alpha value is -1.28. The quantitative estimate of drug-likeness (QED) is 0.850. The summed E-state index contributed by atoms with van der Waals surface area (Å²) in [5.41, 5.74) is -0.829. The van der Waals surface area contributed by atoms with Crippen LogP contribution in [0.3, 0.4) is 0 Å². The highest BCUT2D eigenvalue weighted by molar-refractivity contribution is 5.68. The first-order valence-electron chi connectivity index (χ1n) is 6.75. The van der Waals surface area contributed by atoms with E-state index in [1.807, 2.05) is 34.6 Å². The molecule has 0 aliphatic carbocycles. The van der Waals surface area contributed by atoms with Gasteiger partial charge < -0.3 is 15.0 Å². The lowest BCUT2D eigenvalue weighted by Crippen LogP contribution is -2.40. The van der Waals surface area contributed by atoms with Gasteiger partial charge in [0.25, 0.3) is 0 Å². The van der Waals surface area contributed by atoms with Crippen molar-refractivity contribution >= 4 is 6.09 Å². The summed E-state index contributed by atoms with van der Waals surface area (Å²) >= 11 is 0. The molecule has 1 rings (SSSR count). The zero-order valence-corrected chi connectivity index (χ0v) is 12.6. The number of carbonyl (C=O) groups excluding carboxylic acids is 1. The zero-order chi connectivity index (χ0) is 14.7. The van der Waals surface area contributed by atoms with Crippen LogP contribution < -0.4 is 5.32 Å². The highest BCUT2D eigenvalue weighted by Crippen LogP contribution is 2.17. The van der Waals surface area contributed by atoms with Crippen molar-refractivity contribution in [1.29, 1.82) is 5.26 Å². The first-order chi connectivity index (χ1) is 8.63. The second kappa shape index (κ2) is 5.79. The standard InChI is InChI=1S/C14H25N3O2/c1-13(2,3)19-12(18)17-7-6-11(8-17)16-10-14(4,5)9-15/h11,16H,6-8,10H2,1-5H3. The normalized spacial score (nSPS) is 20.2. The molecule has 1 unspecified atom stereocenters. The number of nitriles is 1. The highest BCUT2D eigenvalue weighted by atomic mass is 16.6. The maximum absolute atomic E-state index is 11.9. The van der Waals surface area contributed by atoms with E-state index < -0.39 is 5.60 Å². The molecule has 5 nitrogen and oxygen atoms in total. The van der Waals surface area contributed by atoms with E-state index in [9.17, 15) is 4.79 Å². The summed E-state index contributed by atoms with van der Waals surface area (Å²) in [6.07, 6.45) is 0.650. The summed E-state index contributed by atoms with van der Waals surface area (Å²) in [6.45, 7) is 11.4. The zero-order valence-electron chi connectivity index (χ0n) is 12.6. The van der Waals surface area contributed by atoms with Crippen molar-refractivity contribution in [3.05, 3.63) is 0 Å². The van der Waals surface area contributed by atoms with Crippen molar-refractivity contribution in [1.82, 2.24) is 10.2 Å². The molecule has 108 valence electrons. The Morgan fingerprint density at radius 2 is 2.05 bits per heavy atom. The second-order valence-corrected chi connectivity index (χ2v) is 6.79. The molecule has 0 radical (unpaired) electrons. The number of rotatable bonds is 3. The summed E-state index contributed by atoms with van der Waals surface area (Å²) in [4.78, 5) is 13.6. The molecular weight excluding hydrogens is 242 g/mol. The largest absolute Gasteiger partial charge is 0.444 e. The lowest BCUT2D eigenvalue weighted by atomic mass is 9.95. The molecule has 0 aromatic heterocycles. The lowest BCUT2D eigenvalue weighted by Gasteiger charge is -2.25. The van der Waals surface area contributed by atoms with Crippen LogP contribution in [0, 0.1) is 16.7 Å². The molecule has 1 saturated heterocycles. The third-order valence-corrected chi connectivity index (χ3v) is 2.98. The van der Waals surface area contributed by atoms with Gasteiger partial charge in [-0.3, -0.25) is 0 Å². The molecule has 1 N–H and O–H groups in total. The molecular formula is C14H25N3O2. The number of nitrogens with one attached hydrogen (secondary N) is 1. The van der Waals surface area contributed by atoms with E-state index in [0.717, 1.165) is 6.42 Å². The first-order valence-corrected chi connectivity index (χ1v) is 6.75. The fourth-order valence-corrected chi connectivity index (χ4v) is 1.86. The van der Waals surface area contributed by atoms with E-state index in [2.05, 4.69) is 11.4 Å². The average Bonchev–Trinajstić information content (AvgIpc) is 2.73. The number of ether oxygens (including phenoxy) is 1. The minimum absolute atomic E-state index is 0.250. The van der Waals surface area contributed by atoms with Crippen LogP contribution in [0.4, 0.5) is 4.79 Å². The first kappa shape index (κ1) is 15.8. The fraction of sp³-hybridized carbons (Fsp3) is 0.857. The van der Waals surface area contributed by atoms with Crippen LogP contribution in [-0.4, -0.2) is 42.3 Å². The second-order valence-electron chi connectivity index (χ2n) is 6.79. The number of hydrogen-bond donors (Lipinski definition) is 1. The van der Waals surface area contributed by atoms with E-state index in [4.69, 9.17) is 10.00 Å². The molecule has 1 atom stereocenters. The van der Waals surface area contributed by atoms with Crippen molar-refractivity contribution in [2.75, 3.05) is 19.6 Å². The Kier molecular flexibility index (Phi) is 4.81. The molecule has 1 aliphatic rings. The van der Waals surface area contributed by atoms with Gasteiger partial charge in [-0.1, -0.05) is 0 Å². The van der Waals surface area contributed by atoms with Crippen molar-refractivity contribution < 1.29 is 9.53 Å². The van der Waals surface area contributed by atoms with Gasteiger partial charge in [0.05, 0.1) is 11.5 Å². The summed E-state index contributed by atoms with van der Waals surface area (Å²) in [5, 5.41) is 12.3. The van der Waals surface area contributed by atoms with Crippen molar-refractivity contribution in [2.24, 2.45) is 5.41 Å². The van der Waals surface area contributed by atoms with Crippen molar-refractivity contribution in [2.45, 2.75) is 52.7 Å². The van der Waals surface area contributed by atoms with Crippen molar-refractivity contribution in [3.63, 3.8) is 0 Å². The van der Waals surface area contributed by atoms with Gasteiger partial charge in [-0.2, -0.15) is 5.26 Å². The Labute approximate surface area is 115 Å². The van der Waals surface area contributed by atoms with Gasteiger partial charge in [0.1, 0.15) is 5.60 Å². The molecule has 0 aromatic rings. The molecule has 1 aliphatic heterocycles. The smallest absolute Gasteiger partial charge is 0.410 e. The number of likely N-dealkylation sites (tertiary alicyclic amines) is 1. The molecule has 1 heterocycles. The van der Waals surface area contributed by atoms with Gasteiger partial charge in [-0.25, -0.2) is 4.79 Å². The van der Waals surface area contributed by atoms with Crippen LogP contribution in [0.2, 0.25) is 0 Å². The van der Waals surface area contributed by atoms with Crippen LogP contribution in [0.25, 0.3) is 0 Å². The maximum Gasteiger partial charge on any atom is 0.410 e. The minimum atomic E-state index is -0.453. The van der Waals surface area contributed by atoms with Gasteiger partial charge in [0.15, 0.2) is 0 Å². The third-order valence-electron chi connectivity index (χ3n) is 2.98. The fourth-order valence-electron chi connectivity index (χ4n) is 1.86. The third kappa shape index (κ3) is 5.48. The number of carbonyl (C=O) groups is 1. The van der Waals surface area contributed by atoms with Crippen LogP contribution in [-0.2, 0) is 4.74 Å². The highest BCUT2D eigenvalue weighted by Gasteiger charge is 2.30. The lowest BCUT2D eigenvalue weighted by molar-refractivity contribution is 0.0291. The van der Waals surface area contributed by atoms with Gasteiger partial charge in [0, 0.05) is 25.7 Å². The summed E-state index contributed by atoms with van der Waals surface area (Å²) in [5.74, 6) is 0. The van der Waals surface area contributed by atoms with Crippen LogP contribution in [0.15, 0.2) is 0 Å². The van der Waals surface area contributed by atoms with E-state index in [1.165, 1.54) is 0 Å². The summed E-state index contributed by atoms with van der Waals surface area (Å²) in [6, 6.07) is 2.51. The molecule has 0 saturated carbocycles. The maximum atomic E-state index is 11.9. The topological polar surface area (TPSA) is 65.4 Å². The van der Waals surface area contributed by atoms with E-state index in [-0.39, 0.29) is 17.6 Å². The summed E-state index contributed by atoms with van der Waals surface area (Å²) in [7, 11) is 0. The molecule has 0 aromatic carbocycles. The number of nitrogens with zero attached hydrogens (tertiary/aromatic N) is 2. The minimum Gasteiger partial charge on any atom is -0.444 e. The molecule has 0 bridgehead atoms. The van der Waals surface area contributed by atoms with E-state index in [0.29, 0.717) is 19.6 Å². The predicted molar refractivity (Wildman–Crippen MR) is 73.6 cm³/mol.